The summed E-state index contributed by atoms with van der Waals surface area (Å²) in [7, 11) is 0. The molecule has 2 aliphatic heterocycles. The zero-order chi connectivity index (χ0) is 19.3. The van der Waals surface area contributed by atoms with E-state index in [0.717, 1.165) is 35.8 Å². The van der Waals surface area contributed by atoms with Crippen molar-refractivity contribution in [2.75, 3.05) is 5.32 Å². The van der Waals surface area contributed by atoms with Crippen LogP contribution in [0.1, 0.15) is 24.8 Å². The summed E-state index contributed by atoms with van der Waals surface area (Å²) in [5, 5.41) is 24.0. The van der Waals surface area contributed by atoms with Gasteiger partial charge in [-0.15, -0.1) is 10.2 Å². The Hall–Kier alpha value is -3.22. The molecule has 7 heteroatoms. The Morgan fingerprint density at radius 1 is 1.21 bits per heavy atom. The minimum atomic E-state index is -0.644. The van der Waals surface area contributed by atoms with Gasteiger partial charge in [-0.05, 0) is 30.7 Å². The van der Waals surface area contributed by atoms with Crippen molar-refractivity contribution in [3.63, 3.8) is 0 Å². The molecule has 1 saturated heterocycles. The Morgan fingerprint density at radius 2 is 2.11 bits per heavy atom. The molecule has 5 rings (SSSR count). The highest BCUT2D eigenvalue weighted by Gasteiger charge is 2.30. The molecular formula is C21H19FN4O2. The fourth-order valence-corrected chi connectivity index (χ4v) is 3.96. The topological polar surface area (TPSA) is 80.2 Å². The number of ether oxygens (including phenoxy) is 1. The average molecular weight is 378 g/mol. The highest BCUT2D eigenvalue weighted by molar-refractivity contribution is 6.00. The number of anilines is 1. The minimum absolute atomic E-state index is 0.210. The van der Waals surface area contributed by atoms with Crippen molar-refractivity contribution in [2.45, 2.75) is 38.3 Å². The summed E-state index contributed by atoms with van der Waals surface area (Å²) in [6.07, 6.45) is 8.41. The summed E-state index contributed by atoms with van der Waals surface area (Å²) >= 11 is 0. The van der Waals surface area contributed by atoms with Crippen LogP contribution >= 0.6 is 0 Å². The van der Waals surface area contributed by atoms with Gasteiger partial charge in [-0.25, -0.2) is 4.39 Å². The molecule has 142 valence electrons. The van der Waals surface area contributed by atoms with Gasteiger partial charge in [0.05, 0.1) is 5.76 Å². The number of aromatic hydroxyl groups is 1. The first-order valence-corrected chi connectivity index (χ1v) is 9.31. The maximum absolute atomic E-state index is 14.2. The number of pyridine rings is 1. The second-order valence-electron chi connectivity index (χ2n) is 7.34. The molecule has 2 N–H and O–H groups in total. The van der Waals surface area contributed by atoms with Crippen molar-refractivity contribution in [1.82, 2.24) is 15.2 Å². The van der Waals surface area contributed by atoms with Gasteiger partial charge in [-0.3, -0.25) is 4.98 Å². The van der Waals surface area contributed by atoms with E-state index in [1.165, 1.54) is 0 Å². The quantitative estimate of drug-likeness (QED) is 0.715. The van der Waals surface area contributed by atoms with Gasteiger partial charge in [0.2, 0.25) is 0 Å². The van der Waals surface area contributed by atoms with Crippen molar-refractivity contribution in [2.24, 2.45) is 0 Å². The fraction of sp³-hybridized carbons (Fsp3) is 0.286. The van der Waals surface area contributed by atoms with Gasteiger partial charge in [0, 0.05) is 54.0 Å². The van der Waals surface area contributed by atoms with Crippen LogP contribution in [0.4, 0.5) is 10.2 Å². The molecule has 1 aromatic carbocycles. The van der Waals surface area contributed by atoms with Crippen LogP contribution < -0.4 is 5.32 Å². The monoisotopic (exact) mass is 378 g/mol. The number of aromatic nitrogens is 3. The van der Waals surface area contributed by atoms with Gasteiger partial charge < -0.3 is 15.2 Å². The fourth-order valence-electron chi connectivity index (χ4n) is 3.96. The number of hydrogen-bond donors (Lipinski definition) is 2. The number of halogens is 1. The molecule has 0 radical (unpaired) electrons. The van der Waals surface area contributed by atoms with Crippen molar-refractivity contribution in [1.29, 1.82) is 0 Å². The molecule has 0 spiro atoms. The Labute approximate surface area is 161 Å². The molecule has 1 fully saturated rings. The van der Waals surface area contributed by atoms with E-state index in [9.17, 15) is 9.50 Å². The van der Waals surface area contributed by atoms with Crippen LogP contribution in [0.25, 0.3) is 22.0 Å². The van der Waals surface area contributed by atoms with Crippen LogP contribution in [0.3, 0.4) is 0 Å². The summed E-state index contributed by atoms with van der Waals surface area (Å²) in [6.45, 7) is 1.61. The molecule has 6 nitrogen and oxygen atoms in total. The lowest BCUT2D eigenvalue weighted by molar-refractivity contribution is 0.0941. The van der Waals surface area contributed by atoms with E-state index in [-0.39, 0.29) is 12.1 Å². The second kappa shape index (κ2) is 6.44. The molecule has 2 bridgehead atoms. The molecule has 0 aliphatic carbocycles. The largest absolute Gasteiger partial charge is 0.504 e. The molecule has 4 heterocycles. The van der Waals surface area contributed by atoms with E-state index in [1.807, 2.05) is 0 Å². The molecular weight excluding hydrogens is 359 g/mol. The van der Waals surface area contributed by atoms with Crippen LogP contribution in [0.5, 0.6) is 5.75 Å². The van der Waals surface area contributed by atoms with Crippen molar-refractivity contribution >= 4 is 16.6 Å². The lowest BCUT2D eigenvalue weighted by Crippen LogP contribution is -2.30. The normalized spacial score (nSPS) is 20.7. The third kappa shape index (κ3) is 2.74. The van der Waals surface area contributed by atoms with Crippen molar-refractivity contribution in [3.8, 4) is 17.0 Å². The number of nitrogens with one attached hydrogen (secondary N) is 1. The standard InChI is InChI=1S/C21H19FN4O2/c1-11-2-5-16(20(27)18(11)22)19-15-6-7-23-10-17(15)21(26-25-19)24-12-8-13-3-4-14(9-12)28-13/h2-3,5-7,10,12,14,27H,4,8-9H2,1H3,(H,24,26)/t12-,14-/m1/s1. The van der Waals surface area contributed by atoms with Gasteiger partial charge in [-0.2, -0.15) is 0 Å². The number of hydrogen-bond acceptors (Lipinski definition) is 6. The van der Waals surface area contributed by atoms with E-state index in [2.05, 4.69) is 26.6 Å². The van der Waals surface area contributed by atoms with E-state index in [1.54, 1.807) is 37.5 Å². The molecule has 0 unspecified atom stereocenters. The molecule has 2 aliphatic rings. The maximum Gasteiger partial charge on any atom is 0.168 e. The van der Waals surface area contributed by atoms with Gasteiger partial charge in [0.1, 0.15) is 11.8 Å². The van der Waals surface area contributed by atoms with Crippen LogP contribution in [-0.2, 0) is 4.74 Å². The Morgan fingerprint density at radius 3 is 2.96 bits per heavy atom. The van der Waals surface area contributed by atoms with Gasteiger partial charge in [0.15, 0.2) is 17.4 Å². The summed E-state index contributed by atoms with van der Waals surface area (Å²) in [5.74, 6) is 0.599. The zero-order valence-corrected chi connectivity index (χ0v) is 15.3. The molecule has 2 aromatic heterocycles. The number of benzene rings is 1. The maximum atomic E-state index is 14.2. The van der Waals surface area contributed by atoms with E-state index < -0.39 is 11.6 Å². The average Bonchev–Trinajstić information content (AvgIpc) is 3.05. The molecule has 0 amide bonds. The second-order valence-corrected chi connectivity index (χ2v) is 7.34. The Bertz CT molecular complexity index is 1120. The molecule has 3 aromatic rings. The predicted molar refractivity (Wildman–Crippen MR) is 103 cm³/mol. The van der Waals surface area contributed by atoms with E-state index in [4.69, 9.17) is 4.74 Å². The Kier molecular flexibility index (Phi) is 3.89. The SMILES string of the molecule is Cc1ccc(-c2nnc(N[C@@H]3CC4=CC[C@H](C3)O4)c3cnccc23)c(O)c1F. The highest BCUT2D eigenvalue weighted by atomic mass is 19.1. The number of fused-ring (bicyclic) bond motifs is 3. The summed E-state index contributed by atoms with van der Waals surface area (Å²) in [6, 6.07) is 5.29. The Balaban J connectivity index is 1.56. The number of aryl methyl sites for hydroxylation is 1. The third-order valence-corrected chi connectivity index (χ3v) is 5.41. The van der Waals surface area contributed by atoms with Gasteiger partial charge in [0.25, 0.3) is 0 Å². The predicted octanol–water partition coefficient (Wildman–Crippen LogP) is 4.09. The molecule has 28 heavy (non-hydrogen) atoms. The third-order valence-electron chi connectivity index (χ3n) is 5.41. The van der Waals surface area contributed by atoms with Crippen molar-refractivity contribution < 1.29 is 14.2 Å². The first kappa shape index (κ1) is 16.9. The van der Waals surface area contributed by atoms with Crippen LogP contribution in [-0.4, -0.2) is 32.4 Å². The van der Waals surface area contributed by atoms with Crippen LogP contribution in [0.15, 0.2) is 42.4 Å². The lowest BCUT2D eigenvalue weighted by Gasteiger charge is -2.28. The summed E-state index contributed by atoms with van der Waals surface area (Å²) in [4.78, 5) is 4.22. The highest BCUT2D eigenvalue weighted by Crippen LogP contribution is 2.38. The molecule has 2 atom stereocenters. The zero-order valence-electron chi connectivity index (χ0n) is 15.3. The van der Waals surface area contributed by atoms with E-state index >= 15 is 0 Å². The number of phenolic OH excluding ortho intramolecular Hbond substituents is 1. The first-order chi connectivity index (χ1) is 13.6. The summed E-state index contributed by atoms with van der Waals surface area (Å²) in [5.41, 5.74) is 1.11. The number of rotatable bonds is 3. The van der Waals surface area contributed by atoms with Gasteiger partial charge >= 0.3 is 0 Å². The van der Waals surface area contributed by atoms with Gasteiger partial charge in [-0.1, -0.05) is 6.07 Å². The minimum Gasteiger partial charge on any atom is -0.504 e. The van der Waals surface area contributed by atoms with Crippen LogP contribution in [0, 0.1) is 12.7 Å². The lowest BCUT2D eigenvalue weighted by atomic mass is 10.0. The first-order valence-electron chi connectivity index (χ1n) is 9.31. The van der Waals surface area contributed by atoms with Crippen molar-refractivity contribution in [3.05, 3.63) is 53.8 Å². The number of phenols is 1. The number of nitrogens with zero attached hydrogens (tertiary/aromatic N) is 3. The summed E-state index contributed by atoms with van der Waals surface area (Å²) < 4.78 is 20.0. The van der Waals surface area contributed by atoms with Crippen LogP contribution in [0.2, 0.25) is 0 Å². The van der Waals surface area contributed by atoms with E-state index in [0.29, 0.717) is 22.6 Å². The molecule has 0 saturated carbocycles. The smallest absolute Gasteiger partial charge is 0.168 e.